The van der Waals surface area contributed by atoms with E-state index < -0.39 is 12.0 Å². The molecule has 2 atom stereocenters. The lowest BCUT2D eigenvalue weighted by molar-refractivity contribution is -0.114. The maximum atomic E-state index is 14.1. The van der Waals surface area contributed by atoms with Crippen LogP contribution in [0.5, 0.6) is 0 Å². The molecule has 1 amide bonds. The van der Waals surface area contributed by atoms with Crippen molar-refractivity contribution in [3.63, 3.8) is 0 Å². The lowest BCUT2D eigenvalue weighted by atomic mass is 9.96. The fraction of sp³-hybridized carbons (Fsp3) is 0.619. The smallest absolute Gasteiger partial charge is 0.270 e. The van der Waals surface area contributed by atoms with Gasteiger partial charge in [-0.1, -0.05) is 33.4 Å². The Kier molecular flexibility index (Phi) is 10.7. The first-order valence-electron chi connectivity index (χ1n) is 9.90. The van der Waals surface area contributed by atoms with Crippen LogP contribution in [0.25, 0.3) is 0 Å². The van der Waals surface area contributed by atoms with Gasteiger partial charge in [0, 0.05) is 19.5 Å². The van der Waals surface area contributed by atoms with E-state index in [0.717, 1.165) is 25.9 Å². The van der Waals surface area contributed by atoms with E-state index in [1.807, 2.05) is 13.8 Å². The number of rotatable bonds is 7. The van der Waals surface area contributed by atoms with Crippen LogP contribution in [-0.2, 0) is 9.53 Å². The summed E-state index contributed by atoms with van der Waals surface area (Å²) in [7, 11) is 1.59. The molecule has 1 aliphatic heterocycles. The molecule has 28 heavy (non-hydrogen) atoms. The molecule has 0 aromatic heterocycles. The predicted molar refractivity (Wildman–Crippen MR) is 109 cm³/mol. The van der Waals surface area contributed by atoms with Crippen molar-refractivity contribution in [2.45, 2.75) is 39.8 Å². The molecule has 2 unspecified atom stereocenters. The SMILES string of the molecule is C=CNC(=O)C(CN1CCC(COC2=C(F)C=CC(C)C2F)CC1)=NC.CC. The Labute approximate surface area is 167 Å². The van der Waals surface area contributed by atoms with Crippen molar-refractivity contribution >= 4 is 11.6 Å². The maximum absolute atomic E-state index is 14.1. The highest BCUT2D eigenvalue weighted by atomic mass is 19.1. The molecule has 158 valence electrons. The third-order valence-corrected chi connectivity index (χ3v) is 4.81. The van der Waals surface area contributed by atoms with Crippen LogP contribution in [0.2, 0.25) is 0 Å². The molecule has 0 aromatic carbocycles. The summed E-state index contributed by atoms with van der Waals surface area (Å²) in [5.74, 6) is -1.18. The van der Waals surface area contributed by atoms with Crippen molar-refractivity contribution < 1.29 is 18.3 Å². The number of nitrogens with zero attached hydrogens (tertiary/aromatic N) is 2. The average Bonchev–Trinajstić information content (AvgIpc) is 2.71. The quantitative estimate of drug-likeness (QED) is 0.665. The van der Waals surface area contributed by atoms with Crippen molar-refractivity contribution in [3.05, 3.63) is 36.5 Å². The van der Waals surface area contributed by atoms with Gasteiger partial charge in [-0.2, -0.15) is 0 Å². The molecule has 5 nitrogen and oxygen atoms in total. The molecule has 0 saturated carbocycles. The zero-order valence-corrected chi connectivity index (χ0v) is 17.4. The Morgan fingerprint density at radius 1 is 1.43 bits per heavy atom. The van der Waals surface area contributed by atoms with Crippen LogP contribution in [0.15, 0.2) is 41.5 Å². The second kappa shape index (κ2) is 12.4. The molecular formula is C21H33F2N3O2. The summed E-state index contributed by atoms with van der Waals surface area (Å²) < 4.78 is 33.3. The first-order valence-corrected chi connectivity index (χ1v) is 9.90. The van der Waals surface area contributed by atoms with Crippen LogP contribution in [0.1, 0.15) is 33.6 Å². The Bertz CT molecular complexity index is 609. The van der Waals surface area contributed by atoms with Crippen molar-refractivity contribution in [2.75, 3.05) is 33.3 Å². The number of halogens is 2. The minimum Gasteiger partial charge on any atom is -0.491 e. The third-order valence-electron chi connectivity index (χ3n) is 4.81. The van der Waals surface area contributed by atoms with Crippen molar-refractivity contribution in [2.24, 2.45) is 16.8 Å². The predicted octanol–water partition coefficient (Wildman–Crippen LogP) is 3.80. The van der Waals surface area contributed by atoms with Crippen molar-refractivity contribution in [1.29, 1.82) is 0 Å². The standard InChI is InChI=1S/C19H27F2N3O2.C2H6/c1-4-23-19(25)16(22-3)11-24-9-7-14(8-10-24)12-26-18-15(20)6-5-13(2)17(18)21;1-2/h4-6,13-14,17H,1,7-12H2,2-3H3,(H,23,25);1-2H3. The largest absolute Gasteiger partial charge is 0.491 e. The second-order valence-corrected chi connectivity index (χ2v) is 6.71. The molecule has 7 heteroatoms. The zero-order chi connectivity index (χ0) is 21.1. The van der Waals surface area contributed by atoms with Gasteiger partial charge in [-0.15, -0.1) is 0 Å². The number of carbonyl (C=O) groups excluding carboxylic acids is 1. The summed E-state index contributed by atoms with van der Waals surface area (Å²) in [4.78, 5) is 18.0. The zero-order valence-electron chi connectivity index (χ0n) is 17.4. The van der Waals surface area contributed by atoms with Gasteiger partial charge in [-0.05, 0) is 44.1 Å². The van der Waals surface area contributed by atoms with E-state index in [2.05, 4.69) is 21.8 Å². The van der Waals surface area contributed by atoms with E-state index in [9.17, 15) is 13.6 Å². The Balaban J connectivity index is 0.00000190. The number of piperidine rings is 1. The molecule has 1 aliphatic carbocycles. The number of likely N-dealkylation sites (tertiary alicyclic amines) is 1. The fourth-order valence-corrected chi connectivity index (χ4v) is 3.09. The molecule has 2 aliphatic rings. The van der Waals surface area contributed by atoms with E-state index in [1.54, 1.807) is 14.0 Å². The topological polar surface area (TPSA) is 53.9 Å². The van der Waals surface area contributed by atoms with Gasteiger partial charge in [0.2, 0.25) is 0 Å². The monoisotopic (exact) mass is 397 g/mol. The van der Waals surface area contributed by atoms with Crippen LogP contribution >= 0.6 is 0 Å². The third kappa shape index (κ3) is 6.86. The molecule has 2 rings (SSSR count). The van der Waals surface area contributed by atoms with E-state index in [4.69, 9.17) is 4.74 Å². The van der Waals surface area contributed by atoms with Crippen molar-refractivity contribution in [3.8, 4) is 0 Å². The fourth-order valence-electron chi connectivity index (χ4n) is 3.09. The number of aliphatic imine (C=N–C) groups is 1. The van der Waals surface area contributed by atoms with Crippen molar-refractivity contribution in [1.82, 2.24) is 10.2 Å². The van der Waals surface area contributed by atoms with Gasteiger partial charge in [0.15, 0.2) is 17.8 Å². The van der Waals surface area contributed by atoms with Crippen LogP contribution in [0.4, 0.5) is 8.78 Å². The molecule has 1 N–H and O–H groups in total. The highest BCUT2D eigenvalue weighted by Gasteiger charge is 2.29. The molecular weight excluding hydrogens is 364 g/mol. The second-order valence-electron chi connectivity index (χ2n) is 6.71. The number of carbonyl (C=O) groups is 1. The van der Waals surface area contributed by atoms with E-state index in [0.29, 0.717) is 18.9 Å². The van der Waals surface area contributed by atoms with E-state index in [1.165, 1.54) is 18.4 Å². The number of hydrogen-bond donors (Lipinski definition) is 1. The lowest BCUT2D eigenvalue weighted by Crippen LogP contribution is -2.42. The summed E-state index contributed by atoms with van der Waals surface area (Å²) in [5.41, 5.74) is 0.454. The average molecular weight is 398 g/mol. The van der Waals surface area contributed by atoms with Crippen LogP contribution in [-0.4, -0.2) is 56.0 Å². The van der Waals surface area contributed by atoms with Gasteiger partial charge >= 0.3 is 0 Å². The highest BCUT2D eigenvalue weighted by molar-refractivity contribution is 6.39. The maximum Gasteiger partial charge on any atom is 0.270 e. The van der Waals surface area contributed by atoms with Gasteiger partial charge in [0.25, 0.3) is 5.91 Å². The highest BCUT2D eigenvalue weighted by Crippen LogP contribution is 2.29. The molecule has 0 radical (unpaired) electrons. The lowest BCUT2D eigenvalue weighted by Gasteiger charge is -2.32. The first kappa shape index (κ1) is 24.0. The van der Waals surface area contributed by atoms with E-state index >= 15 is 0 Å². The minimum absolute atomic E-state index is 0.177. The van der Waals surface area contributed by atoms with Crippen LogP contribution in [0, 0.1) is 11.8 Å². The van der Waals surface area contributed by atoms with Gasteiger partial charge in [0.1, 0.15) is 5.71 Å². The number of hydrogen-bond acceptors (Lipinski definition) is 4. The van der Waals surface area contributed by atoms with Gasteiger partial charge < -0.3 is 10.1 Å². The molecule has 1 heterocycles. The molecule has 1 saturated heterocycles. The van der Waals surface area contributed by atoms with E-state index in [-0.39, 0.29) is 23.5 Å². The molecule has 1 fully saturated rings. The number of ether oxygens (including phenoxy) is 1. The molecule has 0 spiro atoms. The summed E-state index contributed by atoms with van der Waals surface area (Å²) in [6.07, 6.45) is 4.39. The number of alkyl halides is 1. The van der Waals surface area contributed by atoms with Gasteiger partial charge in [-0.25, -0.2) is 8.78 Å². The number of nitrogens with one attached hydrogen (secondary N) is 1. The Morgan fingerprint density at radius 3 is 2.64 bits per heavy atom. The number of allylic oxidation sites excluding steroid dienone is 4. The van der Waals surface area contributed by atoms with Gasteiger partial charge in [-0.3, -0.25) is 14.7 Å². The Morgan fingerprint density at radius 2 is 2.07 bits per heavy atom. The summed E-state index contributed by atoms with van der Waals surface area (Å²) in [6, 6.07) is 0. The number of amides is 1. The first-order chi connectivity index (χ1) is 13.5. The molecule has 0 aromatic rings. The Hall–Kier alpha value is -2.02. The normalized spacial score (nSPS) is 23.7. The summed E-state index contributed by atoms with van der Waals surface area (Å²) in [5, 5.41) is 2.53. The molecule has 0 bridgehead atoms. The van der Waals surface area contributed by atoms with Crippen LogP contribution < -0.4 is 5.32 Å². The van der Waals surface area contributed by atoms with Crippen LogP contribution in [0.3, 0.4) is 0 Å². The van der Waals surface area contributed by atoms with Gasteiger partial charge in [0.05, 0.1) is 6.61 Å². The summed E-state index contributed by atoms with van der Waals surface area (Å²) >= 11 is 0. The summed E-state index contributed by atoms with van der Waals surface area (Å²) in [6.45, 7) is 11.5. The minimum atomic E-state index is -1.42.